The smallest absolute Gasteiger partial charge is 0.146 e. The zero-order valence-electron chi connectivity index (χ0n) is 8.70. The molecule has 17 heavy (non-hydrogen) atoms. The van der Waals surface area contributed by atoms with Crippen molar-refractivity contribution in [3.63, 3.8) is 0 Å². The summed E-state index contributed by atoms with van der Waals surface area (Å²) < 4.78 is 27.1. The lowest BCUT2D eigenvalue weighted by Crippen LogP contribution is -2.15. The first-order chi connectivity index (χ1) is 8.09. The summed E-state index contributed by atoms with van der Waals surface area (Å²) in [4.78, 5) is 3.61. The van der Waals surface area contributed by atoms with E-state index in [-0.39, 0.29) is 16.1 Å². The predicted octanol–water partition coefficient (Wildman–Crippen LogP) is 3.06. The molecule has 0 aliphatic rings. The van der Waals surface area contributed by atoms with Crippen molar-refractivity contribution in [2.75, 3.05) is 0 Å². The van der Waals surface area contributed by atoms with Gasteiger partial charge < -0.3 is 5.73 Å². The SMILES string of the molecule is NC(c1ccncc1F)c1ccc(Cl)cc1F. The highest BCUT2D eigenvalue weighted by molar-refractivity contribution is 6.30. The van der Waals surface area contributed by atoms with Gasteiger partial charge in [0.05, 0.1) is 12.2 Å². The molecule has 1 aromatic heterocycles. The number of rotatable bonds is 2. The summed E-state index contributed by atoms with van der Waals surface area (Å²) in [6, 6.07) is 4.65. The van der Waals surface area contributed by atoms with Crippen LogP contribution in [0.2, 0.25) is 5.02 Å². The molecule has 2 aromatic rings. The third-order valence-corrected chi connectivity index (χ3v) is 2.67. The van der Waals surface area contributed by atoms with Crippen molar-refractivity contribution in [2.45, 2.75) is 6.04 Å². The van der Waals surface area contributed by atoms with Crippen molar-refractivity contribution in [3.05, 3.63) is 64.4 Å². The molecular weight excluding hydrogens is 246 g/mol. The summed E-state index contributed by atoms with van der Waals surface area (Å²) in [5, 5.41) is 0.272. The topological polar surface area (TPSA) is 38.9 Å². The Morgan fingerprint density at radius 1 is 1.12 bits per heavy atom. The average molecular weight is 255 g/mol. The number of aromatic nitrogens is 1. The van der Waals surface area contributed by atoms with Crippen molar-refractivity contribution in [2.24, 2.45) is 5.73 Å². The number of nitrogens with two attached hydrogens (primary N) is 1. The molecule has 88 valence electrons. The number of halogens is 3. The summed E-state index contributed by atoms with van der Waals surface area (Å²) in [5.74, 6) is -1.12. The molecule has 0 aliphatic carbocycles. The molecule has 1 atom stereocenters. The van der Waals surface area contributed by atoms with Crippen LogP contribution in [0.25, 0.3) is 0 Å². The second-order valence-corrected chi connectivity index (χ2v) is 3.98. The minimum Gasteiger partial charge on any atom is -0.320 e. The lowest BCUT2D eigenvalue weighted by atomic mass is 10.00. The number of hydrogen-bond donors (Lipinski definition) is 1. The van der Waals surface area contributed by atoms with Crippen LogP contribution in [0.3, 0.4) is 0 Å². The van der Waals surface area contributed by atoms with Crippen molar-refractivity contribution < 1.29 is 8.78 Å². The average Bonchev–Trinajstić information content (AvgIpc) is 2.29. The van der Waals surface area contributed by atoms with E-state index in [1.165, 1.54) is 24.4 Å². The molecule has 0 radical (unpaired) electrons. The first-order valence-corrected chi connectivity index (χ1v) is 5.27. The van der Waals surface area contributed by atoms with Gasteiger partial charge in [0.1, 0.15) is 11.6 Å². The third kappa shape index (κ3) is 2.43. The summed E-state index contributed by atoms with van der Waals surface area (Å²) in [6.45, 7) is 0. The Hall–Kier alpha value is -1.52. The van der Waals surface area contributed by atoms with Gasteiger partial charge in [-0.1, -0.05) is 17.7 Å². The molecule has 0 spiro atoms. The number of benzene rings is 1. The lowest BCUT2D eigenvalue weighted by Gasteiger charge is -2.14. The highest BCUT2D eigenvalue weighted by Gasteiger charge is 2.17. The Balaban J connectivity index is 2.44. The van der Waals surface area contributed by atoms with Gasteiger partial charge in [0.15, 0.2) is 0 Å². The quantitative estimate of drug-likeness (QED) is 0.895. The van der Waals surface area contributed by atoms with Crippen LogP contribution in [-0.2, 0) is 0 Å². The fraction of sp³-hybridized carbons (Fsp3) is 0.0833. The third-order valence-electron chi connectivity index (χ3n) is 2.44. The van der Waals surface area contributed by atoms with Gasteiger partial charge in [-0.15, -0.1) is 0 Å². The Morgan fingerprint density at radius 3 is 2.47 bits per heavy atom. The van der Waals surface area contributed by atoms with Gasteiger partial charge >= 0.3 is 0 Å². The molecule has 1 heterocycles. The van der Waals surface area contributed by atoms with Crippen LogP contribution in [-0.4, -0.2) is 4.98 Å². The summed E-state index contributed by atoms with van der Waals surface area (Å²) in [5.41, 5.74) is 6.21. The fourth-order valence-electron chi connectivity index (χ4n) is 1.56. The van der Waals surface area contributed by atoms with Crippen molar-refractivity contribution in [3.8, 4) is 0 Å². The number of pyridine rings is 1. The molecule has 1 aromatic carbocycles. The van der Waals surface area contributed by atoms with Gasteiger partial charge in [-0.3, -0.25) is 4.98 Å². The number of nitrogens with zero attached hydrogens (tertiary/aromatic N) is 1. The predicted molar refractivity (Wildman–Crippen MR) is 61.6 cm³/mol. The van der Waals surface area contributed by atoms with Crippen LogP contribution in [0.5, 0.6) is 0 Å². The molecule has 2 nitrogen and oxygen atoms in total. The summed E-state index contributed by atoms with van der Waals surface area (Å²) in [7, 11) is 0. The molecular formula is C12H9ClF2N2. The van der Waals surface area contributed by atoms with Crippen molar-refractivity contribution in [1.29, 1.82) is 0 Å². The second-order valence-electron chi connectivity index (χ2n) is 3.54. The highest BCUT2D eigenvalue weighted by atomic mass is 35.5. The van der Waals surface area contributed by atoms with Gasteiger partial charge in [-0.2, -0.15) is 0 Å². The van der Waals surface area contributed by atoms with Crippen LogP contribution in [0.15, 0.2) is 36.7 Å². The van der Waals surface area contributed by atoms with Crippen LogP contribution in [0, 0.1) is 11.6 Å². The van der Waals surface area contributed by atoms with Crippen LogP contribution in [0.1, 0.15) is 17.2 Å². The van der Waals surface area contributed by atoms with Crippen molar-refractivity contribution in [1.82, 2.24) is 4.98 Å². The van der Waals surface area contributed by atoms with E-state index >= 15 is 0 Å². The molecule has 1 unspecified atom stereocenters. The molecule has 0 fully saturated rings. The molecule has 0 bridgehead atoms. The highest BCUT2D eigenvalue weighted by Crippen LogP contribution is 2.25. The maximum Gasteiger partial charge on any atom is 0.146 e. The Kier molecular flexibility index (Phi) is 3.36. The van der Waals surface area contributed by atoms with Gasteiger partial charge in [-0.25, -0.2) is 8.78 Å². The first kappa shape index (κ1) is 12.0. The van der Waals surface area contributed by atoms with E-state index < -0.39 is 17.7 Å². The van der Waals surface area contributed by atoms with E-state index in [1.54, 1.807) is 0 Å². The maximum absolute atomic E-state index is 13.6. The Morgan fingerprint density at radius 2 is 1.82 bits per heavy atom. The number of hydrogen-bond acceptors (Lipinski definition) is 2. The molecule has 0 aliphatic heterocycles. The molecule has 0 amide bonds. The van der Waals surface area contributed by atoms with Gasteiger partial charge in [0.2, 0.25) is 0 Å². The molecule has 2 N–H and O–H groups in total. The van der Waals surface area contributed by atoms with Crippen molar-refractivity contribution >= 4 is 11.6 Å². The van der Waals surface area contributed by atoms with E-state index in [4.69, 9.17) is 17.3 Å². The van der Waals surface area contributed by atoms with E-state index in [2.05, 4.69) is 4.98 Å². The van der Waals surface area contributed by atoms with E-state index in [0.29, 0.717) is 0 Å². The minimum atomic E-state index is -0.879. The van der Waals surface area contributed by atoms with Gasteiger partial charge in [0.25, 0.3) is 0 Å². The Labute approximate surface area is 102 Å². The zero-order valence-corrected chi connectivity index (χ0v) is 9.46. The van der Waals surface area contributed by atoms with E-state index in [9.17, 15) is 8.78 Å². The minimum absolute atomic E-state index is 0.194. The van der Waals surface area contributed by atoms with Gasteiger partial charge in [-0.05, 0) is 18.2 Å². The van der Waals surface area contributed by atoms with Gasteiger partial charge in [0, 0.05) is 22.3 Å². The first-order valence-electron chi connectivity index (χ1n) is 4.89. The molecule has 5 heteroatoms. The lowest BCUT2D eigenvalue weighted by molar-refractivity contribution is 0.572. The molecule has 0 saturated heterocycles. The monoisotopic (exact) mass is 254 g/mol. The second kappa shape index (κ2) is 4.77. The fourth-order valence-corrected chi connectivity index (χ4v) is 1.72. The van der Waals surface area contributed by atoms with Crippen LogP contribution in [0.4, 0.5) is 8.78 Å². The molecule has 2 rings (SSSR count). The Bertz CT molecular complexity index is 546. The normalized spacial score (nSPS) is 12.5. The maximum atomic E-state index is 13.6. The standard InChI is InChI=1S/C12H9ClF2N2/c13-7-1-2-8(10(14)5-7)12(16)9-3-4-17-6-11(9)15/h1-6,12H,16H2. The summed E-state index contributed by atoms with van der Waals surface area (Å²) in [6.07, 6.45) is 2.45. The van der Waals surface area contributed by atoms with Crippen LogP contribution >= 0.6 is 11.6 Å². The van der Waals surface area contributed by atoms with Crippen LogP contribution < -0.4 is 5.73 Å². The zero-order chi connectivity index (χ0) is 12.4. The largest absolute Gasteiger partial charge is 0.320 e. The van der Waals surface area contributed by atoms with E-state index in [0.717, 1.165) is 12.3 Å². The summed E-state index contributed by atoms with van der Waals surface area (Å²) >= 11 is 5.63. The molecule has 0 saturated carbocycles. The van der Waals surface area contributed by atoms with E-state index in [1.807, 2.05) is 0 Å².